The molecule has 0 atom stereocenters. The summed E-state index contributed by atoms with van der Waals surface area (Å²) < 4.78 is 0. The second-order valence-corrected chi connectivity index (χ2v) is 6.17. The maximum absolute atomic E-state index is 10.7. The molecular formula is C15H22ClNO. The Kier molecular flexibility index (Phi) is 4.31. The highest BCUT2D eigenvalue weighted by Crippen LogP contribution is 2.33. The zero-order valence-corrected chi connectivity index (χ0v) is 12.0. The molecule has 0 bridgehead atoms. The van der Waals surface area contributed by atoms with Crippen LogP contribution in [0.1, 0.15) is 32.3 Å². The van der Waals surface area contributed by atoms with Gasteiger partial charge in [0, 0.05) is 24.7 Å². The molecule has 1 saturated heterocycles. The van der Waals surface area contributed by atoms with Crippen molar-refractivity contribution in [3.8, 4) is 0 Å². The van der Waals surface area contributed by atoms with Gasteiger partial charge in [-0.15, -0.1) is 0 Å². The van der Waals surface area contributed by atoms with Crippen LogP contribution in [0.3, 0.4) is 0 Å². The standard InChI is InChI=1S/C15H22ClNO/c1-12(2)11-17-9-7-15(18,8-10-17)13-3-5-14(16)6-4-13/h3-6,12,18H,7-11H2,1-2H3. The van der Waals surface area contributed by atoms with E-state index in [9.17, 15) is 5.11 Å². The van der Waals surface area contributed by atoms with E-state index in [2.05, 4.69) is 18.7 Å². The number of hydrogen-bond donors (Lipinski definition) is 1. The number of hydrogen-bond acceptors (Lipinski definition) is 2. The molecule has 100 valence electrons. The van der Waals surface area contributed by atoms with Gasteiger partial charge in [-0.1, -0.05) is 37.6 Å². The van der Waals surface area contributed by atoms with Crippen molar-refractivity contribution in [1.29, 1.82) is 0 Å². The molecule has 2 rings (SSSR count). The summed E-state index contributed by atoms with van der Waals surface area (Å²) in [6, 6.07) is 7.60. The van der Waals surface area contributed by atoms with E-state index >= 15 is 0 Å². The third-order valence-electron chi connectivity index (χ3n) is 3.69. The average molecular weight is 268 g/mol. The van der Waals surface area contributed by atoms with Crippen molar-refractivity contribution in [3.05, 3.63) is 34.9 Å². The molecule has 1 aliphatic heterocycles. The number of nitrogens with zero attached hydrogens (tertiary/aromatic N) is 1. The molecule has 1 aliphatic rings. The quantitative estimate of drug-likeness (QED) is 0.909. The molecule has 2 nitrogen and oxygen atoms in total. The summed E-state index contributed by atoms with van der Waals surface area (Å²) in [5.41, 5.74) is 0.328. The first-order valence-electron chi connectivity index (χ1n) is 6.70. The third kappa shape index (κ3) is 3.25. The maximum Gasteiger partial charge on any atom is 0.0920 e. The second kappa shape index (κ2) is 5.60. The van der Waals surface area contributed by atoms with Gasteiger partial charge >= 0.3 is 0 Å². The van der Waals surface area contributed by atoms with Crippen molar-refractivity contribution in [2.45, 2.75) is 32.3 Å². The molecule has 1 fully saturated rings. The van der Waals surface area contributed by atoms with Gasteiger partial charge in [-0.25, -0.2) is 0 Å². The number of rotatable bonds is 3. The predicted octanol–water partition coefficient (Wildman–Crippen LogP) is 3.28. The molecule has 0 spiro atoms. The summed E-state index contributed by atoms with van der Waals surface area (Å²) >= 11 is 5.89. The minimum Gasteiger partial charge on any atom is -0.385 e. The number of benzene rings is 1. The Morgan fingerprint density at radius 3 is 2.28 bits per heavy atom. The SMILES string of the molecule is CC(C)CN1CCC(O)(c2ccc(Cl)cc2)CC1. The highest BCUT2D eigenvalue weighted by atomic mass is 35.5. The summed E-state index contributed by atoms with van der Waals surface area (Å²) in [5, 5.41) is 11.4. The normalized spacial score (nSPS) is 20.3. The minimum absolute atomic E-state index is 0.669. The lowest BCUT2D eigenvalue weighted by Crippen LogP contribution is -2.43. The van der Waals surface area contributed by atoms with Crippen molar-refractivity contribution in [3.63, 3.8) is 0 Å². The van der Waals surface area contributed by atoms with Gasteiger partial charge in [-0.2, -0.15) is 0 Å². The first-order chi connectivity index (χ1) is 8.49. The van der Waals surface area contributed by atoms with Gasteiger partial charge in [0.15, 0.2) is 0 Å². The molecule has 0 unspecified atom stereocenters. The number of halogens is 1. The van der Waals surface area contributed by atoms with E-state index in [1.165, 1.54) is 0 Å². The highest BCUT2D eigenvalue weighted by molar-refractivity contribution is 6.30. The van der Waals surface area contributed by atoms with Crippen LogP contribution in [0.2, 0.25) is 5.02 Å². The first kappa shape index (κ1) is 13.9. The van der Waals surface area contributed by atoms with Crippen molar-refractivity contribution < 1.29 is 5.11 Å². The lowest BCUT2D eigenvalue weighted by Gasteiger charge is -2.39. The van der Waals surface area contributed by atoms with Crippen LogP contribution in [0, 0.1) is 5.92 Å². The molecule has 0 aliphatic carbocycles. The molecular weight excluding hydrogens is 246 g/mol. The fraction of sp³-hybridized carbons (Fsp3) is 0.600. The Morgan fingerprint density at radius 1 is 1.22 bits per heavy atom. The zero-order chi connectivity index (χ0) is 13.2. The van der Waals surface area contributed by atoms with Crippen LogP contribution in [-0.2, 0) is 5.60 Å². The molecule has 1 heterocycles. The van der Waals surface area contributed by atoms with Gasteiger partial charge in [0.05, 0.1) is 5.60 Å². The minimum atomic E-state index is -0.669. The van der Waals surface area contributed by atoms with Gasteiger partial charge in [0.25, 0.3) is 0 Å². The number of likely N-dealkylation sites (tertiary alicyclic amines) is 1. The Morgan fingerprint density at radius 2 is 1.78 bits per heavy atom. The lowest BCUT2D eigenvalue weighted by atomic mass is 9.84. The predicted molar refractivity (Wildman–Crippen MR) is 75.9 cm³/mol. The van der Waals surface area contributed by atoms with Crippen molar-refractivity contribution >= 4 is 11.6 Å². The summed E-state index contributed by atoms with van der Waals surface area (Å²) in [4.78, 5) is 2.44. The largest absolute Gasteiger partial charge is 0.385 e. The van der Waals surface area contributed by atoms with Gasteiger partial charge in [-0.3, -0.25) is 0 Å². The van der Waals surface area contributed by atoms with Crippen molar-refractivity contribution in [2.75, 3.05) is 19.6 Å². The van der Waals surface area contributed by atoms with E-state index < -0.39 is 5.60 Å². The molecule has 0 aromatic heterocycles. The van der Waals surface area contributed by atoms with Crippen LogP contribution < -0.4 is 0 Å². The van der Waals surface area contributed by atoms with Gasteiger partial charge in [0.1, 0.15) is 0 Å². The van der Waals surface area contributed by atoms with Gasteiger partial charge in [0.2, 0.25) is 0 Å². The zero-order valence-electron chi connectivity index (χ0n) is 11.2. The van der Waals surface area contributed by atoms with E-state index in [1.807, 2.05) is 24.3 Å². The van der Waals surface area contributed by atoms with E-state index in [0.717, 1.165) is 43.1 Å². The fourth-order valence-electron chi connectivity index (χ4n) is 2.67. The van der Waals surface area contributed by atoms with Crippen molar-refractivity contribution in [2.24, 2.45) is 5.92 Å². The van der Waals surface area contributed by atoms with Crippen molar-refractivity contribution in [1.82, 2.24) is 4.90 Å². The van der Waals surface area contributed by atoms with E-state index in [4.69, 9.17) is 11.6 Å². The monoisotopic (exact) mass is 267 g/mol. The molecule has 3 heteroatoms. The Hall–Kier alpha value is -0.570. The van der Waals surface area contributed by atoms with Crippen LogP contribution in [0.4, 0.5) is 0 Å². The number of piperidine rings is 1. The molecule has 0 amide bonds. The second-order valence-electron chi connectivity index (χ2n) is 5.73. The lowest BCUT2D eigenvalue weighted by molar-refractivity contribution is -0.0279. The molecule has 0 radical (unpaired) electrons. The molecule has 1 N–H and O–H groups in total. The topological polar surface area (TPSA) is 23.5 Å². The molecule has 0 saturated carbocycles. The summed E-state index contributed by atoms with van der Waals surface area (Å²) in [5.74, 6) is 0.687. The molecule has 1 aromatic carbocycles. The van der Waals surface area contributed by atoms with Gasteiger partial charge in [-0.05, 0) is 36.5 Å². The Labute approximate surface area is 115 Å². The summed E-state index contributed by atoms with van der Waals surface area (Å²) in [6.07, 6.45) is 1.61. The Bertz CT molecular complexity index is 380. The maximum atomic E-state index is 10.7. The number of aliphatic hydroxyl groups is 1. The summed E-state index contributed by atoms with van der Waals surface area (Å²) in [6.45, 7) is 7.53. The summed E-state index contributed by atoms with van der Waals surface area (Å²) in [7, 11) is 0. The van der Waals surface area contributed by atoms with Crippen LogP contribution >= 0.6 is 11.6 Å². The van der Waals surface area contributed by atoms with E-state index in [0.29, 0.717) is 5.92 Å². The average Bonchev–Trinajstić information content (AvgIpc) is 2.32. The van der Waals surface area contributed by atoms with Crippen LogP contribution in [0.5, 0.6) is 0 Å². The van der Waals surface area contributed by atoms with Crippen LogP contribution in [0.25, 0.3) is 0 Å². The Balaban J connectivity index is 2.00. The van der Waals surface area contributed by atoms with Crippen LogP contribution in [0.15, 0.2) is 24.3 Å². The van der Waals surface area contributed by atoms with Crippen LogP contribution in [-0.4, -0.2) is 29.6 Å². The smallest absolute Gasteiger partial charge is 0.0920 e. The highest BCUT2D eigenvalue weighted by Gasteiger charge is 2.33. The molecule has 18 heavy (non-hydrogen) atoms. The third-order valence-corrected chi connectivity index (χ3v) is 3.94. The van der Waals surface area contributed by atoms with Gasteiger partial charge < -0.3 is 10.0 Å². The van der Waals surface area contributed by atoms with E-state index in [-0.39, 0.29) is 0 Å². The molecule has 1 aromatic rings. The van der Waals surface area contributed by atoms with E-state index in [1.54, 1.807) is 0 Å². The first-order valence-corrected chi connectivity index (χ1v) is 7.08. The fourth-order valence-corrected chi connectivity index (χ4v) is 2.80.